The minimum absolute atomic E-state index is 0.0631. The highest BCUT2D eigenvalue weighted by atomic mass is 32.2. The lowest BCUT2D eigenvalue weighted by molar-refractivity contribution is -0.115. The van der Waals surface area contributed by atoms with Crippen molar-refractivity contribution in [3.8, 4) is 11.5 Å². The van der Waals surface area contributed by atoms with Gasteiger partial charge in [0, 0.05) is 5.56 Å². The molecule has 9 heteroatoms. The zero-order chi connectivity index (χ0) is 20.3. The summed E-state index contributed by atoms with van der Waals surface area (Å²) < 4.78 is 57.2. The fraction of sp³-hybridized carbons (Fsp3) is 0.158. The van der Waals surface area contributed by atoms with Crippen LogP contribution in [0.15, 0.2) is 59.2 Å². The number of carbonyl (C=O) groups is 1. The standard InChI is InChI=1S/C19H16F2N2O4S/c1-12(18(24)23-17-8-3-2-7-16(17)21)28(25,26)11-15-10-27-19(22-15)13-5-4-6-14(20)9-13/h2-10,12H,11H2,1H3,(H,23,24). The summed E-state index contributed by atoms with van der Waals surface area (Å²) in [6.07, 6.45) is 1.14. The number of benzene rings is 2. The monoisotopic (exact) mass is 406 g/mol. The van der Waals surface area contributed by atoms with E-state index in [9.17, 15) is 22.0 Å². The lowest BCUT2D eigenvalue weighted by Gasteiger charge is -2.13. The molecule has 2 aromatic carbocycles. The quantitative estimate of drug-likeness (QED) is 0.676. The number of oxazole rings is 1. The number of nitrogens with one attached hydrogen (secondary N) is 1. The maximum Gasteiger partial charge on any atom is 0.242 e. The fourth-order valence-corrected chi connectivity index (χ4v) is 3.60. The highest BCUT2D eigenvalue weighted by Gasteiger charge is 2.30. The Hall–Kier alpha value is -3.07. The van der Waals surface area contributed by atoms with Crippen molar-refractivity contribution in [2.45, 2.75) is 17.9 Å². The molecular weight excluding hydrogens is 390 g/mol. The molecule has 1 unspecified atom stereocenters. The van der Waals surface area contributed by atoms with E-state index in [1.165, 1.54) is 43.3 Å². The van der Waals surface area contributed by atoms with Crippen LogP contribution < -0.4 is 5.32 Å². The number of para-hydroxylation sites is 1. The molecule has 0 saturated carbocycles. The molecule has 146 valence electrons. The number of rotatable bonds is 6. The van der Waals surface area contributed by atoms with Crippen LogP contribution in [-0.4, -0.2) is 24.6 Å². The van der Waals surface area contributed by atoms with E-state index in [0.717, 1.165) is 12.3 Å². The predicted molar refractivity (Wildman–Crippen MR) is 99.0 cm³/mol. The van der Waals surface area contributed by atoms with Crippen LogP contribution in [0.25, 0.3) is 11.5 Å². The first-order chi connectivity index (χ1) is 13.3. The van der Waals surface area contributed by atoms with Crippen molar-refractivity contribution in [3.63, 3.8) is 0 Å². The van der Waals surface area contributed by atoms with Gasteiger partial charge in [0.1, 0.15) is 23.1 Å². The largest absolute Gasteiger partial charge is 0.444 e. The molecule has 0 aliphatic rings. The van der Waals surface area contributed by atoms with Crippen molar-refractivity contribution in [3.05, 3.63) is 72.1 Å². The number of anilines is 1. The first kappa shape index (κ1) is 19.7. The number of nitrogens with zero attached hydrogens (tertiary/aromatic N) is 1. The van der Waals surface area contributed by atoms with Crippen molar-refractivity contribution in [1.29, 1.82) is 0 Å². The number of halogens is 2. The predicted octanol–water partition coefficient (Wildman–Crippen LogP) is 3.56. The van der Waals surface area contributed by atoms with E-state index in [0.29, 0.717) is 5.56 Å². The number of hydrogen-bond acceptors (Lipinski definition) is 5. The molecule has 1 heterocycles. The van der Waals surface area contributed by atoms with Gasteiger partial charge in [-0.1, -0.05) is 18.2 Å². The van der Waals surface area contributed by atoms with E-state index < -0.39 is 38.4 Å². The van der Waals surface area contributed by atoms with E-state index in [1.807, 2.05) is 0 Å². The Morgan fingerprint density at radius 3 is 2.64 bits per heavy atom. The van der Waals surface area contributed by atoms with Gasteiger partial charge in [-0.25, -0.2) is 22.2 Å². The van der Waals surface area contributed by atoms with Gasteiger partial charge in [-0.05, 0) is 37.3 Å². The van der Waals surface area contributed by atoms with Gasteiger partial charge in [0.05, 0.1) is 17.1 Å². The maximum atomic E-state index is 13.6. The molecule has 28 heavy (non-hydrogen) atoms. The number of sulfone groups is 1. The van der Waals surface area contributed by atoms with Crippen LogP contribution in [0.2, 0.25) is 0 Å². The van der Waals surface area contributed by atoms with Gasteiger partial charge in [0.2, 0.25) is 11.8 Å². The normalized spacial score (nSPS) is 12.5. The van der Waals surface area contributed by atoms with Gasteiger partial charge in [-0.3, -0.25) is 4.79 Å². The van der Waals surface area contributed by atoms with Gasteiger partial charge < -0.3 is 9.73 Å². The van der Waals surface area contributed by atoms with Crippen LogP contribution in [0.3, 0.4) is 0 Å². The molecule has 1 aromatic heterocycles. The first-order valence-corrected chi connectivity index (χ1v) is 9.95. The number of carbonyl (C=O) groups excluding carboxylic acids is 1. The summed E-state index contributed by atoms with van der Waals surface area (Å²) in [5, 5.41) is 0.817. The molecular formula is C19H16F2N2O4S. The lowest BCUT2D eigenvalue weighted by atomic mass is 10.2. The summed E-state index contributed by atoms with van der Waals surface area (Å²) in [5.74, 6) is -2.51. The van der Waals surface area contributed by atoms with Gasteiger partial charge in [-0.2, -0.15) is 0 Å². The molecule has 0 saturated heterocycles. The van der Waals surface area contributed by atoms with Crippen molar-refractivity contribution < 1.29 is 26.4 Å². The Kier molecular flexibility index (Phi) is 5.55. The summed E-state index contributed by atoms with van der Waals surface area (Å²) in [7, 11) is -3.95. The van der Waals surface area contributed by atoms with Crippen LogP contribution in [-0.2, 0) is 20.4 Å². The minimum atomic E-state index is -3.95. The fourth-order valence-electron chi connectivity index (χ4n) is 2.42. The highest BCUT2D eigenvalue weighted by molar-refractivity contribution is 7.92. The minimum Gasteiger partial charge on any atom is -0.444 e. The molecule has 1 N–H and O–H groups in total. The average Bonchev–Trinajstić information content (AvgIpc) is 3.10. The third-order valence-corrected chi connectivity index (χ3v) is 6.00. The molecule has 3 aromatic rings. The molecule has 0 aliphatic carbocycles. The summed E-state index contributed by atoms with van der Waals surface area (Å²) in [4.78, 5) is 16.3. The van der Waals surface area contributed by atoms with E-state index in [2.05, 4.69) is 10.3 Å². The third-order valence-electron chi connectivity index (χ3n) is 4.01. The molecule has 0 aliphatic heterocycles. The van der Waals surface area contributed by atoms with Crippen LogP contribution in [0.5, 0.6) is 0 Å². The SMILES string of the molecule is CC(C(=O)Nc1ccccc1F)S(=O)(=O)Cc1coc(-c2cccc(F)c2)n1. The Morgan fingerprint density at radius 1 is 1.18 bits per heavy atom. The molecule has 0 spiro atoms. The number of amides is 1. The van der Waals surface area contributed by atoms with Crippen molar-refractivity contribution in [1.82, 2.24) is 4.98 Å². The smallest absolute Gasteiger partial charge is 0.242 e. The highest BCUT2D eigenvalue weighted by Crippen LogP contribution is 2.21. The van der Waals surface area contributed by atoms with E-state index >= 15 is 0 Å². The van der Waals surface area contributed by atoms with Gasteiger partial charge in [0.15, 0.2) is 9.84 Å². The van der Waals surface area contributed by atoms with E-state index in [4.69, 9.17) is 4.42 Å². The van der Waals surface area contributed by atoms with E-state index in [1.54, 1.807) is 6.07 Å². The van der Waals surface area contributed by atoms with Crippen molar-refractivity contribution in [2.75, 3.05) is 5.32 Å². The van der Waals surface area contributed by atoms with Crippen molar-refractivity contribution >= 4 is 21.4 Å². The maximum absolute atomic E-state index is 13.6. The Balaban J connectivity index is 1.73. The molecule has 3 rings (SSSR count). The Labute approximate surface area is 160 Å². The molecule has 0 fully saturated rings. The summed E-state index contributed by atoms with van der Waals surface area (Å²) in [6, 6.07) is 10.9. The molecule has 6 nitrogen and oxygen atoms in total. The lowest BCUT2D eigenvalue weighted by Crippen LogP contribution is -2.33. The first-order valence-electron chi connectivity index (χ1n) is 8.23. The van der Waals surface area contributed by atoms with Crippen molar-refractivity contribution in [2.24, 2.45) is 0 Å². The van der Waals surface area contributed by atoms with E-state index in [-0.39, 0.29) is 17.3 Å². The Bertz CT molecular complexity index is 1110. The second kappa shape index (κ2) is 7.89. The summed E-state index contributed by atoms with van der Waals surface area (Å²) in [5.41, 5.74) is 0.322. The molecule has 0 radical (unpaired) electrons. The molecule has 1 amide bonds. The summed E-state index contributed by atoms with van der Waals surface area (Å²) in [6.45, 7) is 1.21. The Morgan fingerprint density at radius 2 is 1.93 bits per heavy atom. The zero-order valence-electron chi connectivity index (χ0n) is 14.7. The van der Waals surface area contributed by atoms with Gasteiger partial charge in [-0.15, -0.1) is 0 Å². The second-order valence-corrected chi connectivity index (χ2v) is 8.39. The average molecular weight is 406 g/mol. The summed E-state index contributed by atoms with van der Waals surface area (Å²) >= 11 is 0. The van der Waals surface area contributed by atoms with Gasteiger partial charge >= 0.3 is 0 Å². The second-order valence-electron chi connectivity index (χ2n) is 6.07. The topological polar surface area (TPSA) is 89.3 Å². The molecule has 0 bridgehead atoms. The number of aromatic nitrogens is 1. The molecule has 1 atom stereocenters. The third kappa shape index (κ3) is 4.42. The van der Waals surface area contributed by atoms with Gasteiger partial charge in [0.25, 0.3) is 0 Å². The zero-order valence-corrected chi connectivity index (χ0v) is 15.5. The van der Waals surface area contributed by atoms with Crippen LogP contribution >= 0.6 is 0 Å². The number of hydrogen-bond donors (Lipinski definition) is 1. The van der Waals surface area contributed by atoms with Crippen LogP contribution in [0.4, 0.5) is 14.5 Å². The van der Waals surface area contributed by atoms with Crippen LogP contribution in [0.1, 0.15) is 12.6 Å². The van der Waals surface area contributed by atoms with Crippen LogP contribution in [0, 0.1) is 11.6 Å².